The Bertz CT molecular complexity index is 550. The molecule has 21 heavy (non-hydrogen) atoms. The SMILES string of the molecule is [O]=[Rh].c1ccc(P(c2ccccc2)c2ccccc2)cc1. The summed E-state index contributed by atoms with van der Waals surface area (Å²) in [4.78, 5) is 0. The summed E-state index contributed by atoms with van der Waals surface area (Å²) >= 11 is 1.30. The third-order valence-corrected chi connectivity index (χ3v) is 5.49. The van der Waals surface area contributed by atoms with Gasteiger partial charge in [0.05, 0.1) is 0 Å². The predicted octanol–water partition coefficient (Wildman–Crippen LogP) is 3.32. The minimum Gasteiger partial charge on any atom is -0.0622 e. The first-order valence-corrected chi connectivity index (χ1v) is 8.55. The standard InChI is InChI=1S/C18H15P.O.Rh/c1-4-10-16(11-5-1)19(17-12-6-2-7-13-17)18-14-8-3-9-15-18;;/h1-15H;;. The van der Waals surface area contributed by atoms with E-state index in [1.807, 2.05) is 0 Å². The van der Waals surface area contributed by atoms with Gasteiger partial charge in [0, 0.05) is 0 Å². The van der Waals surface area contributed by atoms with E-state index in [2.05, 4.69) is 91.0 Å². The monoisotopic (exact) mass is 381 g/mol. The molecule has 0 aliphatic heterocycles. The normalized spacial score (nSPS) is 9.81. The van der Waals surface area contributed by atoms with Gasteiger partial charge in [0.25, 0.3) is 0 Å². The average molecular weight is 381 g/mol. The molecule has 0 aliphatic rings. The molecule has 1 nitrogen and oxygen atoms in total. The van der Waals surface area contributed by atoms with Crippen LogP contribution in [-0.4, -0.2) is 0 Å². The molecule has 0 unspecified atom stereocenters. The van der Waals surface area contributed by atoms with Crippen molar-refractivity contribution >= 4 is 23.8 Å². The van der Waals surface area contributed by atoms with Crippen LogP contribution in [0.2, 0.25) is 0 Å². The minimum absolute atomic E-state index is 0.446. The van der Waals surface area contributed by atoms with Gasteiger partial charge >= 0.3 is 21.8 Å². The Labute approximate surface area is 136 Å². The van der Waals surface area contributed by atoms with Crippen molar-refractivity contribution in [2.75, 3.05) is 0 Å². The van der Waals surface area contributed by atoms with E-state index < -0.39 is 7.92 Å². The van der Waals surface area contributed by atoms with Crippen molar-refractivity contribution in [3.63, 3.8) is 0 Å². The zero-order chi connectivity index (χ0) is 14.9. The molecule has 0 aliphatic carbocycles. The van der Waals surface area contributed by atoms with Crippen LogP contribution in [0, 0.1) is 0 Å². The summed E-state index contributed by atoms with van der Waals surface area (Å²) in [5.41, 5.74) is 0. The molecule has 0 N–H and O–H groups in total. The van der Waals surface area contributed by atoms with E-state index in [0.717, 1.165) is 0 Å². The smallest absolute Gasteiger partial charge is 0.0134 e. The molecule has 0 heterocycles. The third kappa shape index (κ3) is 4.24. The van der Waals surface area contributed by atoms with Crippen molar-refractivity contribution in [2.24, 2.45) is 0 Å². The van der Waals surface area contributed by atoms with Crippen LogP contribution in [0.3, 0.4) is 0 Å². The third-order valence-electron chi connectivity index (χ3n) is 3.04. The van der Waals surface area contributed by atoms with Gasteiger partial charge in [-0.15, -0.1) is 0 Å². The molecule has 0 radical (unpaired) electrons. The maximum Gasteiger partial charge on any atom is -0.0134 e. The van der Waals surface area contributed by atoms with Crippen LogP contribution >= 0.6 is 7.92 Å². The Morgan fingerprint density at radius 1 is 0.476 bits per heavy atom. The second kappa shape index (κ2) is 8.72. The van der Waals surface area contributed by atoms with Gasteiger partial charge in [0.1, 0.15) is 0 Å². The molecule has 0 amide bonds. The van der Waals surface area contributed by atoms with Crippen molar-refractivity contribution in [3.05, 3.63) is 91.0 Å². The number of benzene rings is 3. The van der Waals surface area contributed by atoms with Crippen molar-refractivity contribution in [1.29, 1.82) is 0 Å². The van der Waals surface area contributed by atoms with E-state index in [9.17, 15) is 0 Å². The number of hydrogen-bond donors (Lipinski definition) is 0. The molecule has 0 bridgehead atoms. The van der Waals surface area contributed by atoms with Crippen molar-refractivity contribution in [3.8, 4) is 0 Å². The van der Waals surface area contributed by atoms with E-state index >= 15 is 0 Å². The Balaban J connectivity index is 0.000000774. The Morgan fingerprint density at radius 2 is 0.714 bits per heavy atom. The van der Waals surface area contributed by atoms with Crippen LogP contribution in [0.4, 0.5) is 0 Å². The van der Waals surface area contributed by atoms with Crippen LogP contribution in [-0.2, 0) is 21.8 Å². The molecule has 3 aromatic carbocycles. The molecule has 3 rings (SSSR count). The van der Waals surface area contributed by atoms with Gasteiger partial charge in [-0.05, 0) is 23.8 Å². The molecule has 0 aromatic heterocycles. The van der Waals surface area contributed by atoms with Crippen molar-refractivity contribution < 1.29 is 21.8 Å². The molecular weight excluding hydrogens is 366 g/mol. The van der Waals surface area contributed by atoms with E-state index in [0.29, 0.717) is 0 Å². The molecule has 0 saturated carbocycles. The van der Waals surface area contributed by atoms with Gasteiger partial charge in [-0.25, -0.2) is 0 Å². The molecule has 3 heteroatoms. The molecule has 3 aromatic rings. The van der Waals surface area contributed by atoms with E-state index in [-0.39, 0.29) is 0 Å². The maximum atomic E-state index is 8.14. The zero-order valence-electron chi connectivity index (χ0n) is 11.3. The summed E-state index contributed by atoms with van der Waals surface area (Å²) in [6.07, 6.45) is 0. The summed E-state index contributed by atoms with van der Waals surface area (Å²) in [6, 6.07) is 32.3. The maximum absolute atomic E-state index is 8.14. The largest absolute Gasteiger partial charge is 0.0622 e. The fourth-order valence-electron chi connectivity index (χ4n) is 2.18. The quantitative estimate of drug-likeness (QED) is 0.503. The molecule has 0 fully saturated rings. The van der Waals surface area contributed by atoms with Gasteiger partial charge < -0.3 is 0 Å². The summed E-state index contributed by atoms with van der Waals surface area (Å²) in [7, 11) is -0.446. The topological polar surface area (TPSA) is 17.1 Å². The van der Waals surface area contributed by atoms with Gasteiger partial charge in [0.15, 0.2) is 0 Å². The van der Waals surface area contributed by atoms with Gasteiger partial charge in [-0.2, -0.15) is 0 Å². The van der Waals surface area contributed by atoms with Crippen LogP contribution in [0.15, 0.2) is 91.0 Å². The predicted molar refractivity (Wildman–Crippen MR) is 85.8 cm³/mol. The van der Waals surface area contributed by atoms with Crippen LogP contribution in [0.1, 0.15) is 0 Å². The summed E-state index contributed by atoms with van der Waals surface area (Å²) in [6.45, 7) is 0. The van der Waals surface area contributed by atoms with Crippen molar-refractivity contribution in [2.45, 2.75) is 0 Å². The number of rotatable bonds is 3. The van der Waals surface area contributed by atoms with Crippen molar-refractivity contribution in [1.82, 2.24) is 0 Å². The first kappa shape index (κ1) is 15.9. The van der Waals surface area contributed by atoms with Gasteiger partial charge in [-0.3, -0.25) is 0 Å². The summed E-state index contributed by atoms with van der Waals surface area (Å²) in [5.74, 6) is 0. The molecule has 107 valence electrons. The molecule has 0 atom stereocenters. The number of hydrogen-bond acceptors (Lipinski definition) is 1. The molecular formula is C18H15OPRh. The first-order chi connectivity index (χ1) is 10.4. The average Bonchev–Trinajstić information content (AvgIpc) is 2.60. The van der Waals surface area contributed by atoms with Gasteiger partial charge in [0.2, 0.25) is 0 Å². The second-order valence-corrected chi connectivity index (χ2v) is 6.56. The summed E-state index contributed by atoms with van der Waals surface area (Å²) in [5, 5.41) is 4.19. The van der Waals surface area contributed by atoms with Crippen LogP contribution < -0.4 is 15.9 Å². The summed E-state index contributed by atoms with van der Waals surface area (Å²) < 4.78 is 8.14. The van der Waals surface area contributed by atoms with Crippen LogP contribution in [0.5, 0.6) is 0 Å². The van der Waals surface area contributed by atoms with E-state index in [1.165, 1.54) is 34.2 Å². The Morgan fingerprint density at radius 3 is 0.952 bits per heavy atom. The molecule has 0 saturated heterocycles. The Hall–Kier alpha value is -1.49. The minimum atomic E-state index is -0.446. The first-order valence-electron chi connectivity index (χ1n) is 6.54. The van der Waals surface area contributed by atoms with Crippen LogP contribution in [0.25, 0.3) is 0 Å². The fourth-order valence-corrected chi connectivity index (χ4v) is 4.48. The Kier molecular flexibility index (Phi) is 6.60. The second-order valence-electron chi connectivity index (χ2n) is 4.34. The van der Waals surface area contributed by atoms with Gasteiger partial charge in [-0.1, -0.05) is 91.0 Å². The fraction of sp³-hybridized carbons (Fsp3) is 0. The zero-order valence-corrected chi connectivity index (χ0v) is 13.9. The van der Waals surface area contributed by atoms with E-state index in [4.69, 9.17) is 3.57 Å². The van der Waals surface area contributed by atoms with E-state index in [1.54, 1.807) is 0 Å². The molecule has 0 spiro atoms.